The molecule has 1 N–H and O–H groups in total. The van der Waals surface area contributed by atoms with E-state index in [1.54, 1.807) is 0 Å². The molecule has 1 fully saturated rings. The van der Waals surface area contributed by atoms with Crippen molar-refractivity contribution >= 4 is 0 Å². The van der Waals surface area contributed by atoms with Gasteiger partial charge in [-0.3, -0.25) is 4.90 Å². The second kappa shape index (κ2) is 7.63. The van der Waals surface area contributed by atoms with Gasteiger partial charge >= 0.3 is 0 Å². The molecule has 1 aromatic carbocycles. The van der Waals surface area contributed by atoms with E-state index in [-0.39, 0.29) is 0 Å². The average Bonchev–Trinajstić information content (AvgIpc) is 2.43. The monoisotopic (exact) mass is 262 g/mol. The highest BCUT2D eigenvalue weighted by atomic mass is 16.5. The van der Waals surface area contributed by atoms with E-state index in [2.05, 4.69) is 48.5 Å². The summed E-state index contributed by atoms with van der Waals surface area (Å²) in [6.07, 6.45) is 2.78. The molecule has 0 bridgehead atoms. The van der Waals surface area contributed by atoms with Crippen molar-refractivity contribution in [3.63, 3.8) is 0 Å². The minimum atomic E-state index is 0.467. The number of ether oxygens (including phenoxy) is 1. The first-order valence-corrected chi connectivity index (χ1v) is 7.30. The van der Waals surface area contributed by atoms with Gasteiger partial charge in [-0.15, -0.1) is 0 Å². The van der Waals surface area contributed by atoms with Crippen LogP contribution in [0.15, 0.2) is 24.3 Å². The van der Waals surface area contributed by atoms with E-state index >= 15 is 0 Å². The second-order valence-electron chi connectivity index (χ2n) is 5.54. The summed E-state index contributed by atoms with van der Waals surface area (Å²) in [5.74, 6) is 0. The first-order valence-electron chi connectivity index (χ1n) is 7.30. The van der Waals surface area contributed by atoms with Crippen molar-refractivity contribution in [2.24, 2.45) is 0 Å². The Balaban J connectivity index is 1.63. The van der Waals surface area contributed by atoms with Gasteiger partial charge in [0.1, 0.15) is 0 Å². The number of benzene rings is 1. The molecule has 2 rings (SSSR count). The van der Waals surface area contributed by atoms with Crippen molar-refractivity contribution in [1.29, 1.82) is 0 Å². The minimum Gasteiger partial charge on any atom is -0.377 e. The summed E-state index contributed by atoms with van der Waals surface area (Å²) in [7, 11) is 2.16. The van der Waals surface area contributed by atoms with Crippen molar-refractivity contribution < 1.29 is 4.74 Å². The van der Waals surface area contributed by atoms with Crippen molar-refractivity contribution in [3.05, 3.63) is 35.4 Å². The van der Waals surface area contributed by atoms with E-state index in [9.17, 15) is 0 Å². The first kappa shape index (κ1) is 14.5. The molecular formula is C16H26N2O. The van der Waals surface area contributed by atoms with Crippen molar-refractivity contribution in [1.82, 2.24) is 10.2 Å². The Hall–Kier alpha value is -0.900. The number of hydrogen-bond donors (Lipinski definition) is 1. The Bertz CT molecular complexity index is 358. The van der Waals surface area contributed by atoms with Crippen molar-refractivity contribution in [3.8, 4) is 0 Å². The molecule has 0 spiro atoms. The molecule has 1 saturated heterocycles. The largest absolute Gasteiger partial charge is 0.377 e. The predicted octanol–water partition coefficient (Wildman–Crippen LogP) is 2.20. The highest BCUT2D eigenvalue weighted by molar-refractivity contribution is 5.21. The average molecular weight is 262 g/mol. The van der Waals surface area contributed by atoms with Gasteiger partial charge in [-0.25, -0.2) is 0 Å². The van der Waals surface area contributed by atoms with Crippen LogP contribution in [0.3, 0.4) is 0 Å². The number of nitrogens with one attached hydrogen (secondary N) is 1. The maximum Gasteiger partial charge on any atom is 0.0600 e. The zero-order valence-corrected chi connectivity index (χ0v) is 12.2. The molecule has 106 valence electrons. The number of aryl methyl sites for hydroxylation is 1. The lowest BCUT2D eigenvalue weighted by Gasteiger charge is -2.24. The van der Waals surface area contributed by atoms with E-state index in [1.165, 1.54) is 11.1 Å². The first-order chi connectivity index (χ1) is 9.24. The van der Waals surface area contributed by atoms with Gasteiger partial charge in [-0.2, -0.15) is 0 Å². The van der Waals surface area contributed by atoms with E-state index in [0.29, 0.717) is 6.10 Å². The fraction of sp³-hybridized carbons (Fsp3) is 0.625. The fourth-order valence-corrected chi connectivity index (χ4v) is 2.42. The number of rotatable bonds is 6. The summed E-state index contributed by atoms with van der Waals surface area (Å²) in [5, 5.41) is 3.36. The van der Waals surface area contributed by atoms with Crippen LogP contribution in [0.2, 0.25) is 0 Å². The Morgan fingerprint density at radius 2 is 1.89 bits per heavy atom. The molecule has 1 heterocycles. The van der Waals surface area contributed by atoms with Crippen LogP contribution in [0.4, 0.5) is 0 Å². The van der Waals surface area contributed by atoms with Gasteiger partial charge in [-0.05, 0) is 45.5 Å². The summed E-state index contributed by atoms with van der Waals surface area (Å²) >= 11 is 0. The summed E-state index contributed by atoms with van der Waals surface area (Å²) in [4.78, 5) is 2.33. The van der Waals surface area contributed by atoms with Gasteiger partial charge < -0.3 is 10.1 Å². The van der Waals surface area contributed by atoms with Gasteiger partial charge in [0.2, 0.25) is 0 Å². The van der Waals surface area contributed by atoms with Crippen LogP contribution in [0, 0.1) is 6.92 Å². The van der Waals surface area contributed by atoms with E-state index in [4.69, 9.17) is 4.74 Å². The molecule has 19 heavy (non-hydrogen) atoms. The lowest BCUT2D eigenvalue weighted by molar-refractivity contribution is 0.0224. The van der Waals surface area contributed by atoms with Crippen molar-refractivity contribution in [2.75, 3.05) is 33.3 Å². The molecule has 3 nitrogen and oxygen atoms in total. The molecule has 0 aliphatic carbocycles. The molecule has 3 heteroatoms. The lowest BCUT2D eigenvalue weighted by Crippen LogP contribution is -2.34. The molecule has 1 aromatic rings. The molecule has 0 atom stereocenters. The number of likely N-dealkylation sites (N-methyl/N-ethyl adjacent to an activating group) is 1. The normalized spacial score (nSPS) is 17.0. The minimum absolute atomic E-state index is 0.467. The Labute approximate surface area is 116 Å². The molecule has 0 saturated carbocycles. The quantitative estimate of drug-likeness (QED) is 0.850. The number of hydrogen-bond acceptors (Lipinski definition) is 3. The third-order valence-electron chi connectivity index (χ3n) is 3.69. The zero-order chi connectivity index (χ0) is 13.5. The zero-order valence-electron chi connectivity index (χ0n) is 12.2. The highest BCUT2D eigenvalue weighted by Crippen LogP contribution is 2.08. The molecule has 1 aliphatic rings. The van der Waals surface area contributed by atoms with E-state index < -0.39 is 0 Å². The molecular weight excluding hydrogens is 236 g/mol. The molecule has 0 amide bonds. The number of nitrogens with zero attached hydrogens (tertiary/aromatic N) is 1. The van der Waals surface area contributed by atoms with Crippen LogP contribution in [-0.4, -0.2) is 44.3 Å². The molecule has 1 aliphatic heterocycles. The van der Waals surface area contributed by atoms with Gasteiger partial charge in [0.05, 0.1) is 12.7 Å². The fourth-order valence-electron chi connectivity index (χ4n) is 2.42. The van der Waals surface area contributed by atoms with Gasteiger partial charge in [0, 0.05) is 13.1 Å². The second-order valence-corrected chi connectivity index (χ2v) is 5.54. The van der Waals surface area contributed by atoms with Crippen LogP contribution < -0.4 is 5.32 Å². The van der Waals surface area contributed by atoms with Crippen molar-refractivity contribution in [2.45, 2.75) is 32.4 Å². The van der Waals surface area contributed by atoms with Crippen LogP contribution in [0.5, 0.6) is 0 Å². The number of piperidine rings is 1. The Kier molecular flexibility index (Phi) is 5.83. The maximum atomic E-state index is 5.93. The van der Waals surface area contributed by atoms with E-state index in [1.807, 2.05) is 0 Å². The SMILES string of the molecule is Cc1ccc(CN(C)CCOC2CCNCC2)cc1. The van der Waals surface area contributed by atoms with E-state index in [0.717, 1.165) is 45.6 Å². The lowest BCUT2D eigenvalue weighted by atomic mass is 10.1. The Morgan fingerprint density at radius 3 is 2.58 bits per heavy atom. The maximum absolute atomic E-state index is 5.93. The summed E-state index contributed by atoms with van der Waals surface area (Å²) in [6.45, 7) is 7.16. The third-order valence-corrected chi connectivity index (χ3v) is 3.69. The molecule has 0 unspecified atom stereocenters. The molecule has 0 aromatic heterocycles. The predicted molar refractivity (Wildman–Crippen MR) is 79.4 cm³/mol. The van der Waals surface area contributed by atoms with Crippen LogP contribution in [0.25, 0.3) is 0 Å². The summed E-state index contributed by atoms with van der Waals surface area (Å²) < 4.78 is 5.93. The highest BCUT2D eigenvalue weighted by Gasteiger charge is 2.13. The van der Waals surface area contributed by atoms with Gasteiger partial charge in [-0.1, -0.05) is 29.8 Å². The van der Waals surface area contributed by atoms with Crippen LogP contribution in [-0.2, 0) is 11.3 Å². The van der Waals surface area contributed by atoms with Gasteiger partial charge in [0.15, 0.2) is 0 Å². The van der Waals surface area contributed by atoms with Crippen LogP contribution >= 0.6 is 0 Å². The summed E-state index contributed by atoms with van der Waals surface area (Å²) in [5.41, 5.74) is 2.69. The standard InChI is InChI=1S/C16H26N2O/c1-14-3-5-15(6-4-14)13-18(2)11-12-19-16-7-9-17-10-8-16/h3-6,16-17H,7-13H2,1-2H3. The van der Waals surface area contributed by atoms with Crippen LogP contribution in [0.1, 0.15) is 24.0 Å². The smallest absolute Gasteiger partial charge is 0.0600 e. The summed E-state index contributed by atoms with van der Waals surface area (Å²) in [6, 6.07) is 8.77. The van der Waals surface area contributed by atoms with Gasteiger partial charge in [0.25, 0.3) is 0 Å². The third kappa shape index (κ3) is 5.31. The molecule has 0 radical (unpaired) electrons. The Morgan fingerprint density at radius 1 is 1.21 bits per heavy atom. The topological polar surface area (TPSA) is 24.5 Å².